The Balaban J connectivity index is 2.02. The van der Waals surface area contributed by atoms with E-state index in [1.807, 2.05) is 48.5 Å². The van der Waals surface area contributed by atoms with E-state index < -0.39 is 0 Å². The maximum atomic E-state index is 5.63. The molecule has 0 unspecified atom stereocenters. The molecule has 2 rings (SSSR count). The summed E-state index contributed by atoms with van der Waals surface area (Å²) in [5.74, 6) is 0. The van der Waals surface area contributed by atoms with Gasteiger partial charge in [0.05, 0.1) is 0 Å². The molecule has 0 saturated heterocycles. The predicted octanol–water partition coefficient (Wildman–Crippen LogP) is 3.64. The van der Waals surface area contributed by atoms with Crippen LogP contribution >= 0.6 is 15.9 Å². The lowest BCUT2D eigenvalue weighted by Crippen LogP contribution is -1.99. The van der Waals surface area contributed by atoms with E-state index in [0.29, 0.717) is 0 Å². The van der Waals surface area contributed by atoms with Gasteiger partial charge < -0.3 is 11.1 Å². The summed E-state index contributed by atoms with van der Waals surface area (Å²) in [6.45, 7) is 0.795. The smallest absolute Gasteiger partial charge is 0.0487 e. The van der Waals surface area contributed by atoms with Gasteiger partial charge in [0.2, 0.25) is 0 Å². The van der Waals surface area contributed by atoms with E-state index in [2.05, 4.69) is 21.2 Å². The zero-order valence-corrected chi connectivity index (χ0v) is 10.4. The standard InChI is InChI=1S/C13H13BrN2/c14-12-3-1-2-4-13(12)16-9-10-5-7-11(15)8-6-10/h1-8,16H,9,15H2. The molecule has 0 spiro atoms. The van der Waals surface area contributed by atoms with Crippen LogP contribution in [0.15, 0.2) is 53.0 Å². The fourth-order valence-corrected chi connectivity index (χ4v) is 1.86. The van der Waals surface area contributed by atoms with Crippen molar-refractivity contribution < 1.29 is 0 Å². The van der Waals surface area contributed by atoms with Gasteiger partial charge in [-0.3, -0.25) is 0 Å². The molecule has 0 aliphatic rings. The van der Waals surface area contributed by atoms with Gasteiger partial charge in [0.1, 0.15) is 0 Å². The summed E-state index contributed by atoms with van der Waals surface area (Å²) in [5, 5.41) is 3.36. The average molecular weight is 277 g/mol. The number of hydrogen-bond acceptors (Lipinski definition) is 2. The van der Waals surface area contributed by atoms with E-state index in [-0.39, 0.29) is 0 Å². The van der Waals surface area contributed by atoms with Crippen molar-refractivity contribution in [3.05, 3.63) is 58.6 Å². The van der Waals surface area contributed by atoms with Crippen molar-refractivity contribution in [3.8, 4) is 0 Å². The van der Waals surface area contributed by atoms with Gasteiger partial charge in [-0.2, -0.15) is 0 Å². The van der Waals surface area contributed by atoms with Gasteiger partial charge in [-0.25, -0.2) is 0 Å². The van der Waals surface area contributed by atoms with Gasteiger partial charge in [0, 0.05) is 22.4 Å². The lowest BCUT2D eigenvalue weighted by Gasteiger charge is -2.08. The van der Waals surface area contributed by atoms with Crippen LogP contribution in [0.25, 0.3) is 0 Å². The Bertz CT molecular complexity index is 466. The summed E-state index contributed by atoms with van der Waals surface area (Å²) in [7, 11) is 0. The van der Waals surface area contributed by atoms with Crippen LogP contribution in [0.4, 0.5) is 11.4 Å². The van der Waals surface area contributed by atoms with Crippen molar-refractivity contribution in [2.75, 3.05) is 11.1 Å². The Kier molecular flexibility index (Phi) is 3.47. The maximum Gasteiger partial charge on any atom is 0.0487 e. The summed E-state index contributed by atoms with van der Waals surface area (Å²) in [6.07, 6.45) is 0. The van der Waals surface area contributed by atoms with E-state index >= 15 is 0 Å². The third-order valence-electron chi connectivity index (χ3n) is 2.34. The van der Waals surface area contributed by atoms with E-state index in [4.69, 9.17) is 5.73 Å². The monoisotopic (exact) mass is 276 g/mol. The minimum atomic E-state index is 0.795. The summed E-state index contributed by atoms with van der Waals surface area (Å²) in [5.41, 5.74) is 8.74. The topological polar surface area (TPSA) is 38.0 Å². The number of nitrogens with two attached hydrogens (primary N) is 1. The first-order valence-electron chi connectivity index (χ1n) is 5.08. The van der Waals surface area contributed by atoms with Crippen LogP contribution < -0.4 is 11.1 Å². The van der Waals surface area contributed by atoms with Crippen molar-refractivity contribution in [2.24, 2.45) is 0 Å². The number of benzene rings is 2. The highest BCUT2D eigenvalue weighted by atomic mass is 79.9. The first-order valence-corrected chi connectivity index (χ1v) is 5.88. The van der Waals surface area contributed by atoms with Crippen LogP contribution in [0.1, 0.15) is 5.56 Å². The molecule has 0 atom stereocenters. The van der Waals surface area contributed by atoms with Crippen LogP contribution in [0.3, 0.4) is 0 Å². The van der Waals surface area contributed by atoms with Gasteiger partial charge in [-0.05, 0) is 45.8 Å². The van der Waals surface area contributed by atoms with Crippen LogP contribution in [0.2, 0.25) is 0 Å². The van der Waals surface area contributed by atoms with Gasteiger partial charge in [0.25, 0.3) is 0 Å². The zero-order valence-electron chi connectivity index (χ0n) is 8.78. The molecule has 2 aromatic carbocycles. The Morgan fingerprint density at radius 1 is 1.00 bits per heavy atom. The summed E-state index contributed by atoms with van der Waals surface area (Å²) < 4.78 is 1.07. The fourth-order valence-electron chi connectivity index (χ4n) is 1.44. The quantitative estimate of drug-likeness (QED) is 0.840. The van der Waals surface area contributed by atoms with Crippen LogP contribution in [0.5, 0.6) is 0 Å². The first kappa shape index (κ1) is 11.0. The average Bonchev–Trinajstić information content (AvgIpc) is 2.30. The molecule has 0 radical (unpaired) electrons. The van der Waals surface area contributed by atoms with Crippen molar-refractivity contribution in [3.63, 3.8) is 0 Å². The number of halogens is 1. The number of anilines is 2. The molecule has 0 fully saturated rings. The summed E-state index contributed by atoms with van der Waals surface area (Å²) in [6, 6.07) is 16.0. The number of nitrogens with one attached hydrogen (secondary N) is 1. The number of hydrogen-bond donors (Lipinski definition) is 2. The number of nitrogen functional groups attached to an aromatic ring is 1. The van der Waals surface area contributed by atoms with Crippen molar-refractivity contribution in [1.82, 2.24) is 0 Å². The summed E-state index contributed by atoms with van der Waals surface area (Å²) >= 11 is 3.50. The lowest BCUT2D eigenvalue weighted by atomic mass is 10.2. The minimum absolute atomic E-state index is 0.795. The Morgan fingerprint density at radius 3 is 2.38 bits per heavy atom. The second kappa shape index (κ2) is 5.03. The molecule has 3 N–H and O–H groups in total. The van der Waals surface area contributed by atoms with Crippen molar-refractivity contribution in [1.29, 1.82) is 0 Å². The van der Waals surface area contributed by atoms with Crippen LogP contribution in [-0.4, -0.2) is 0 Å². The molecule has 0 heterocycles. The van der Waals surface area contributed by atoms with Gasteiger partial charge in [0.15, 0.2) is 0 Å². The molecule has 0 bridgehead atoms. The first-order chi connectivity index (χ1) is 7.75. The Morgan fingerprint density at radius 2 is 1.69 bits per heavy atom. The van der Waals surface area contributed by atoms with E-state index in [0.717, 1.165) is 22.4 Å². The third-order valence-corrected chi connectivity index (χ3v) is 3.03. The Labute approximate surface area is 104 Å². The van der Waals surface area contributed by atoms with Crippen LogP contribution in [-0.2, 0) is 6.54 Å². The van der Waals surface area contributed by atoms with Gasteiger partial charge in [-0.1, -0.05) is 24.3 Å². The van der Waals surface area contributed by atoms with E-state index in [1.54, 1.807) is 0 Å². The van der Waals surface area contributed by atoms with E-state index in [9.17, 15) is 0 Å². The van der Waals surface area contributed by atoms with Crippen molar-refractivity contribution in [2.45, 2.75) is 6.54 Å². The normalized spacial score (nSPS) is 10.1. The maximum absolute atomic E-state index is 5.63. The molecule has 0 aromatic heterocycles. The molecule has 0 saturated carbocycles. The zero-order chi connectivity index (χ0) is 11.4. The SMILES string of the molecule is Nc1ccc(CNc2ccccc2Br)cc1. The van der Waals surface area contributed by atoms with Crippen LogP contribution in [0, 0.1) is 0 Å². The van der Waals surface area contributed by atoms with Gasteiger partial charge >= 0.3 is 0 Å². The molecule has 2 nitrogen and oxygen atoms in total. The summed E-state index contributed by atoms with van der Waals surface area (Å²) in [4.78, 5) is 0. The second-order valence-electron chi connectivity index (χ2n) is 3.57. The second-order valence-corrected chi connectivity index (χ2v) is 4.43. The molecular weight excluding hydrogens is 264 g/mol. The Hall–Kier alpha value is -1.48. The molecule has 0 aliphatic carbocycles. The van der Waals surface area contributed by atoms with Gasteiger partial charge in [-0.15, -0.1) is 0 Å². The lowest BCUT2D eigenvalue weighted by molar-refractivity contribution is 1.15. The van der Waals surface area contributed by atoms with Crippen molar-refractivity contribution >= 4 is 27.3 Å². The molecular formula is C13H13BrN2. The minimum Gasteiger partial charge on any atom is -0.399 e. The van der Waals surface area contributed by atoms with E-state index in [1.165, 1.54) is 5.56 Å². The fraction of sp³-hybridized carbons (Fsp3) is 0.0769. The molecule has 16 heavy (non-hydrogen) atoms. The predicted molar refractivity (Wildman–Crippen MR) is 72.3 cm³/mol. The number of para-hydroxylation sites is 1. The highest BCUT2D eigenvalue weighted by molar-refractivity contribution is 9.10. The molecule has 3 heteroatoms. The molecule has 82 valence electrons. The molecule has 2 aromatic rings. The highest BCUT2D eigenvalue weighted by Crippen LogP contribution is 2.21. The molecule has 0 aliphatic heterocycles. The highest BCUT2D eigenvalue weighted by Gasteiger charge is 1.97. The largest absolute Gasteiger partial charge is 0.399 e. The third kappa shape index (κ3) is 2.76. The number of rotatable bonds is 3. The molecule has 0 amide bonds.